The fourth-order valence-corrected chi connectivity index (χ4v) is 11.5. The van der Waals surface area contributed by atoms with Crippen molar-refractivity contribution in [1.29, 1.82) is 0 Å². The summed E-state index contributed by atoms with van der Waals surface area (Å²) in [6, 6.07) is -1.76. The van der Waals surface area contributed by atoms with Crippen molar-refractivity contribution in [2.24, 2.45) is 0 Å². The molecule has 2 saturated heterocycles. The van der Waals surface area contributed by atoms with Crippen LogP contribution < -0.4 is 10.6 Å². The topological polar surface area (TPSA) is 239 Å². The van der Waals surface area contributed by atoms with Crippen LogP contribution >= 0.6 is 0 Å². The molecule has 2 rings (SSSR count). The van der Waals surface area contributed by atoms with Crippen LogP contribution in [0.5, 0.6) is 0 Å². The van der Waals surface area contributed by atoms with Gasteiger partial charge in [-0.1, -0.05) is 265 Å². The lowest BCUT2D eigenvalue weighted by atomic mass is 9.94. The number of rotatable bonds is 58. The van der Waals surface area contributed by atoms with Crippen LogP contribution in [0.3, 0.4) is 0 Å². The molecule has 0 spiro atoms. The number of allylic oxidation sites excluding steroid dienone is 2. The Morgan fingerprint density at radius 2 is 0.734 bits per heavy atom. The van der Waals surface area contributed by atoms with Crippen molar-refractivity contribution in [2.45, 2.75) is 360 Å². The van der Waals surface area contributed by atoms with Crippen molar-refractivity contribution in [3.8, 4) is 0 Å². The molecule has 2 aliphatic heterocycles. The van der Waals surface area contributed by atoms with Gasteiger partial charge in [0.05, 0.1) is 32.0 Å². The molecule has 19 heteroatoms. The summed E-state index contributed by atoms with van der Waals surface area (Å²) in [5.41, 5.74) is 0. The number of ether oxygens (including phenoxy) is 10. The highest BCUT2D eigenvalue weighted by molar-refractivity contribution is 5.98. The lowest BCUT2D eigenvalue weighted by Crippen LogP contribution is -2.66. The van der Waals surface area contributed by atoms with Gasteiger partial charge in [-0.25, -0.2) is 9.59 Å². The number of nitrogens with one attached hydrogen (secondary N) is 2. The molecule has 0 radical (unpaired) electrons. The smallest absolute Gasteiger partial charge is 0.471 e. The normalized spacial score (nSPS) is 21.0. The van der Waals surface area contributed by atoms with Crippen LogP contribution in [0.15, 0.2) is 50.0 Å². The molecule has 2 heterocycles. The summed E-state index contributed by atoms with van der Waals surface area (Å²) in [6.45, 7) is 21.7. The SMILES string of the molecule is C=CCOC(=O)O[C@H]1[C@H](OCCCCCCCCCC)[C@@H](NC(=O)CC(=O)CCCCCCCCCCC)[C@@H](O/C=C\C)O[C@@H]1CC.C=CCOC(=O)O[C@H]1[C@H](OCCCCCCCCCC)[C@@H](NC(=O)CC(=O)CCCCCCCCCCC)[C@@H](O/C=C\C)O[C@@H]1CO. The molecular formula is C75H132N2O17. The van der Waals surface area contributed by atoms with Gasteiger partial charge >= 0.3 is 12.3 Å². The Labute approximate surface area is 568 Å². The van der Waals surface area contributed by atoms with E-state index in [0.29, 0.717) is 32.5 Å². The average molecular weight is 1330 g/mol. The minimum absolute atomic E-state index is 0.00124. The van der Waals surface area contributed by atoms with E-state index in [9.17, 15) is 33.9 Å². The van der Waals surface area contributed by atoms with Crippen LogP contribution in [0, 0.1) is 0 Å². The highest BCUT2D eigenvalue weighted by Gasteiger charge is 2.52. The molecule has 3 N–H and O–H groups in total. The largest absolute Gasteiger partial charge is 0.509 e. The van der Waals surface area contributed by atoms with E-state index in [0.717, 1.165) is 83.5 Å². The maximum absolute atomic E-state index is 13.2. The second kappa shape index (κ2) is 60.6. The number of unbranched alkanes of at least 4 members (excludes halogenated alkanes) is 30. The van der Waals surface area contributed by atoms with E-state index in [-0.39, 0.29) is 37.6 Å². The minimum atomic E-state index is -1.11. The monoisotopic (exact) mass is 1330 g/mol. The molecule has 0 aromatic carbocycles. The number of hydrogen-bond donors (Lipinski definition) is 3. The van der Waals surface area contributed by atoms with Crippen molar-refractivity contribution in [1.82, 2.24) is 10.6 Å². The first kappa shape index (κ1) is 87.2. The molecule has 544 valence electrons. The van der Waals surface area contributed by atoms with E-state index in [1.807, 2.05) is 13.8 Å². The third-order valence-electron chi connectivity index (χ3n) is 16.8. The van der Waals surface area contributed by atoms with Gasteiger partial charge < -0.3 is 63.1 Å². The molecule has 10 atom stereocenters. The van der Waals surface area contributed by atoms with Crippen molar-refractivity contribution in [3.63, 3.8) is 0 Å². The van der Waals surface area contributed by atoms with Gasteiger partial charge in [-0.2, -0.15) is 0 Å². The van der Waals surface area contributed by atoms with Gasteiger partial charge in [0.25, 0.3) is 0 Å². The maximum Gasteiger partial charge on any atom is 0.509 e. The molecule has 0 aromatic rings. The molecule has 2 aliphatic rings. The number of carbonyl (C=O) groups excluding carboxylic acids is 6. The molecular weight excluding hydrogens is 1200 g/mol. The predicted molar refractivity (Wildman–Crippen MR) is 371 cm³/mol. The number of hydrogen-bond acceptors (Lipinski definition) is 17. The van der Waals surface area contributed by atoms with Crippen LogP contribution in [-0.2, 0) is 66.5 Å². The lowest BCUT2D eigenvalue weighted by molar-refractivity contribution is -0.265. The van der Waals surface area contributed by atoms with Crippen molar-refractivity contribution < 1.29 is 81.2 Å². The van der Waals surface area contributed by atoms with Crippen molar-refractivity contribution >= 4 is 35.7 Å². The maximum atomic E-state index is 13.2. The Balaban J connectivity index is 0.000000940. The first-order valence-corrected chi connectivity index (χ1v) is 37.0. The third-order valence-corrected chi connectivity index (χ3v) is 16.8. The molecule has 2 fully saturated rings. The molecule has 0 unspecified atom stereocenters. The van der Waals surface area contributed by atoms with Crippen molar-refractivity contribution in [3.05, 3.63) is 50.0 Å². The molecule has 0 aromatic heterocycles. The van der Waals surface area contributed by atoms with Crippen LogP contribution in [0.2, 0.25) is 0 Å². The van der Waals surface area contributed by atoms with E-state index in [1.54, 1.807) is 19.1 Å². The fraction of sp³-hybridized carbons (Fsp3) is 0.813. The quantitative estimate of drug-likeness (QED) is 0.0169. The van der Waals surface area contributed by atoms with Gasteiger partial charge in [0.2, 0.25) is 24.4 Å². The third kappa shape index (κ3) is 42.7. The zero-order chi connectivity index (χ0) is 69.1. The molecule has 94 heavy (non-hydrogen) atoms. The molecule has 0 saturated carbocycles. The van der Waals surface area contributed by atoms with E-state index < -0.39 is 92.0 Å². The van der Waals surface area contributed by atoms with Gasteiger partial charge in [-0.3, -0.25) is 19.2 Å². The summed E-state index contributed by atoms with van der Waals surface area (Å²) in [5, 5.41) is 16.0. The summed E-state index contributed by atoms with van der Waals surface area (Å²) in [4.78, 5) is 76.9. The predicted octanol–water partition coefficient (Wildman–Crippen LogP) is 17.1. The summed E-state index contributed by atoms with van der Waals surface area (Å²) in [5.74, 6) is -1.17. The first-order chi connectivity index (χ1) is 45.8. The summed E-state index contributed by atoms with van der Waals surface area (Å²) >= 11 is 0. The van der Waals surface area contributed by atoms with Gasteiger partial charge in [-0.15, -0.1) is 0 Å². The second-order valence-electron chi connectivity index (χ2n) is 25.1. The Morgan fingerprint density at radius 1 is 0.426 bits per heavy atom. The second-order valence-corrected chi connectivity index (χ2v) is 25.1. The molecule has 19 nitrogen and oxygen atoms in total. The molecule has 0 aliphatic carbocycles. The number of Topliss-reactive ketones (excluding diaryl/α,β-unsaturated/α-hetero) is 2. The highest BCUT2D eigenvalue weighted by Crippen LogP contribution is 2.31. The molecule has 0 bridgehead atoms. The Kier molecular flexibility index (Phi) is 56.2. The van der Waals surface area contributed by atoms with Crippen LogP contribution in [0.25, 0.3) is 0 Å². The summed E-state index contributed by atoms with van der Waals surface area (Å²) < 4.78 is 58.0. The summed E-state index contributed by atoms with van der Waals surface area (Å²) in [7, 11) is 0. The van der Waals surface area contributed by atoms with Crippen molar-refractivity contribution in [2.75, 3.05) is 33.0 Å². The van der Waals surface area contributed by atoms with Gasteiger partial charge in [0.15, 0.2) is 12.2 Å². The van der Waals surface area contributed by atoms with E-state index >= 15 is 0 Å². The molecule has 2 amide bonds. The van der Waals surface area contributed by atoms with E-state index in [4.69, 9.17) is 47.4 Å². The van der Waals surface area contributed by atoms with Gasteiger partial charge in [0.1, 0.15) is 61.3 Å². The minimum Gasteiger partial charge on any atom is -0.471 e. The Bertz CT molecular complexity index is 1870. The number of aliphatic hydroxyl groups excluding tert-OH is 1. The van der Waals surface area contributed by atoms with Crippen LogP contribution in [0.1, 0.15) is 299 Å². The lowest BCUT2D eigenvalue weighted by Gasteiger charge is -2.45. The van der Waals surface area contributed by atoms with Crippen LogP contribution in [-0.4, -0.2) is 135 Å². The van der Waals surface area contributed by atoms with E-state index in [2.05, 4.69) is 51.5 Å². The van der Waals surface area contributed by atoms with Crippen LogP contribution in [0.4, 0.5) is 9.59 Å². The Morgan fingerprint density at radius 3 is 1.04 bits per heavy atom. The first-order valence-electron chi connectivity index (χ1n) is 37.0. The number of ketones is 2. The number of carbonyl (C=O) groups is 6. The highest BCUT2D eigenvalue weighted by atomic mass is 16.8. The zero-order valence-electron chi connectivity index (χ0n) is 59.7. The summed E-state index contributed by atoms with van der Waals surface area (Å²) in [6.07, 6.45) is 39.6. The number of amides is 2. The fourth-order valence-electron chi connectivity index (χ4n) is 11.5. The van der Waals surface area contributed by atoms with E-state index in [1.165, 1.54) is 160 Å². The number of aliphatic hydroxyl groups is 1. The Hall–Kier alpha value is -4.82. The zero-order valence-corrected chi connectivity index (χ0v) is 59.7. The van der Waals surface area contributed by atoms with Gasteiger partial charge in [-0.05, 0) is 46.0 Å². The van der Waals surface area contributed by atoms with Gasteiger partial charge in [0, 0.05) is 26.1 Å². The standard InChI is InChI=1S/C38H67NO8.C37H65NO9/c1-6-11-13-15-17-19-20-22-24-26-31(40)30-33(41)39-34-36(43-29-25-23-21-18-16-14-12-7-2)35(47-38(42)45-28-9-4)32(10-5)46-37(34)44-27-8-3;1-5-9-11-13-15-17-18-20-22-24-30(40)28-32(41)38-33-35(43-27-23-21-19-16-14-12-10-6-2)34(47-37(42)45-26-8-4)31(29-39)46-36(33)44-25-7-3/h8-9,27,32,34-37H,4,6-7,10-26,28-30H2,1-3,5H3,(H,39,41);7-8,25,31,33-36,39H,4-6,9-24,26-29H2,1-3H3,(H,38,41)/b27-8-;25-7-/t32-,34-,35-,36-,37+;31-,33-,34-,35-,36+/m11/s1. The average Bonchev–Trinajstić information content (AvgIpc) is 0.809.